The second-order valence-electron chi connectivity index (χ2n) is 6.30. The Balaban J connectivity index is 2.06. The molecule has 1 heterocycles. The summed E-state index contributed by atoms with van der Waals surface area (Å²) in [4.78, 5) is 2.32. The normalized spacial score (nSPS) is 20.0. The highest BCUT2D eigenvalue weighted by Crippen LogP contribution is 2.38. The minimum atomic E-state index is -0.470. The molecule has 0 amide bonds. The van der Waals surface area contributed by atoms with Crippen molar-refractivity contribution in [2.45, 2.75) is 44.9 Å². The minimum absolute atomic E-state index is 0.140. The van der Waals surface area contributed by atoms with E-state index in [-0.39, 0.29) is 12.1 Å². The van der Waals surface area contributed by atoms with E-state index in [1.807, 2.05) is 26.0 Å². The molecule has 5 heteroatoms. The van der Waals surface area contributed by atoms with Gasteiger partial charge >= 0.3 is 0 Å². The van der Waals surface area contributed by atoms with Crippen LogP contribution in [0.1, 0.15) is 38.3 Å². The van der Waals surface area contributed by atoms with Gasteiger partial charge in [0.25, 0.3) is 0 Å². The Labute approximate surface area is 139 Å². The van der Waals surface area contributed by atoms with Gasteiger partial charge < -0.3 is 19.3 Å². The Kier molecular flexibility index (Phi) is 6.69. The van der Waals surface area contributed by atoms with Gasteiger partial charge in [0, 0.05) is 24.2 Å². The molecular formula is C18H29NO4. The van der Waals surface area contributed by atoms with Gasteiger partial charge in [-0.3, -0.25) is 4.90 Å². The van der Waals surface area contributed by atoms with Crippen molar-refractivity contribution in [3.8, 4) is 11.5 Å². The van der Waals surface area contributed by atoms with Gasteiger partial charge in [-0.1, -0.05) is 6.07 Å². The number of benzene rings is 1. The van der Waals surface area contributed by atoms with Crippen molar-refractivity contribution < 1.29 is 19.3 Å². The molecule has 0 saturated carbocycles. The minimum Gasteiger partial charge on any atom is -0.497 e. The molecule has 2 unspecified atom stereocenters. The number of rotatable bonds is 8. The maximum atomic E-state index is 10.2. The molecular weight excluding hydrogens is 294 g/mol. The summed E-state index contributed by atoms with van der Waals surface area (Å²) in [5, 5.41) is 10.2. The fraction of sp³-hybridized carbons (Fsp3) is 0.667. The zero-order valence-electron chi connectivity index (χ0n) is 14.6. The zero-order chi connectivity index (χ0) is 16.8. The molecule has 1 aromatic rings. The number of likely N-dealkylation sites (tertiary alicyclic amines) is 1. The molecule has 1 N–H and O–H groups in total. The highest BCUT2D eigenvalue weighted by Gasteiger charge is 2.29. The summed E-state index contributed by atoms with van der Waals surface area (Å²) in [6, 6.07) is 6.22. The third kappa shape index (κ3) is 4.83. The van der Waals surface area contributed by atoms with E-state index >= 15 is 0 Å². The van der Waals surface area contributed by atoms with Crippen molar-refractivity contribution in [3.63, 3.8) is 0 Å². The first-order chi connectivity index (χ1) is 11.0. The maximum absolute atomic E-state index is 10.2. The standard InChI is InChI=1S/C18H29NO4/c1-13(2)23-12-14(20)11-19-9-5-6-17(19)16-8-7-15(21-3)10-18(16)22-4/h7-8,10,13-14,17,20H,5-6,9,11-12H2,1-4H3. The van der Waals surface area contributed by atoms with Gasteiger partial charge in [-0.15, -0.1) is 0 Å². The number of nitrogens with zero attached hydrogens (tertiary/aromatic N) is 1. The van der Waals surface area contributed by atoms with E-state index in [4.69, 9.17) is 14.2 Å². The van der Waals surface area contributed by atoms with E-state index in [1.165, 1.54) is 0 Å². The second kappa shape index (κ2) is 8.52. The van der Waals surface area contributed by atoms with Gasteiger partial charge in [0.15, 0.2) is 0 Å². The van der Waals surface area contributed by atoms with Gasteiger partial charge in [-0.2, -0.15) is 0 Å². The summed E-state index contributed by atoms with van der Waals surface area (Å²) in [7, 11) is 3.34. The highest BCUT2D eigenvalue weighted by molar-refractivity contribution is 5.42. The van der Waals surface area contributed by atoms with Crippen LogP contribution in [-0.2, 0) is 4.74 Å². The first kappa shape index (κ1) is 18.0. The van der Waals surface area contributed by atoms with E-state index in [9.17, 15) is 5.11 Å². The molecule has 2 rings (SSSR count). The van der Waals surface area contributed by atoms with E-state index < -0.39 is 6.10 Å². The van der Waals surface area contributed by atoms with Crippen molar-refractivity contribution in [1.82, 2.24) is 4.90 Å². The molecule has 0 radical (unpaired) electrons. The fourth-order valence-electron chi connectivity index (χ4n) is 3.12. The summed E-state index contributed by atoms with van der Waals surface area (Å²) in [5.74, 6) is 1.63. The van der Waals surface area contributed by atoms with E-state index in [0.29, 0.717) is 13.2 Å². The molecule has 5 nitrogen and oxygen atoms in total. The lowest BCUT2D eigenvalue weighted by Gasteiger charge is -2.28. The average molecular weight is 323 g/mol. The Hall–Kier alpha value is -1.30. The van der Waals surface area contributed by atoms with E-state index in [1.54, 1.807) is 14.2 Å². The first-order valence-electron chi connectivity index (χ1n) is 8.30. The molecule has 23 heavy (non-hydrogen) atoms. The molecule has 2 atom stereocenters. The quantitative estimate of drug-likeness (QED) is 0.797. The Morgan fingerprint density at radius 2 is 2.04 bits per heavy atom. The van der Waals surface area contributed by atoms with Crippen molar-refractivity contribution in [2.75, 3.05) is 33.9 Å². The van der Waals surface area contributed by atoms with Crippen molar-refractivity contribution in [3.05, 3.63) is 23.8 Å². The molecule has 1 aliphatic heterocycles. The van der Waals surface area contributed by atoms with Gasteiger partial charge in [0.05, 0.1) is 33.0 Å². The third-order valence-electron chi connectivity index (χ3n) is 4.23. The van der Waals surface area contributed by atoms with Crippen LogP contribution in [-0.4, -0.2) is 56.1 Å². The molecule has 130 valence electrons. The number of hydrogen-bond acceptors (Lipinski definition) is 5. The van der Waals surface area contributed by atoms with Crippen molar-refractivity contribution in [1.29, 1.82) is 0 Å². The van der Waals surface area contributed by atoms with Crippen molar-refractivity contribution in [2.24, 2.45) is 0 Å². The van der Waals surface area contributed by atoms with Crippen LogP contribution in [0.25, 0.3) is 0 Å². The van der Waals surface area contributed by atoms with Crippen LogP contribution in [0.5, 0.6) is 11.5 Å². The zero-order valence-corrected chi connectivity index (χ0v) is 14.6. The maximum Gasteiger partial charge on any atom is 0.127 e. The number of ether oxygens (including phenoxy) is 3. The van der Waals surface area contributed by atoms with Crippen LogP contribution >= 0.6 is 0 Å². The summed E-state index contributed by atoms with van der Waals surface area (Å²) >= 11 is 0. The highest BCUT2D eigenvalue weighted by atomic mass is 16.5. The van der Waals surface area contributed by atoms with Crippen molar-refractivity contribution >= 4 is 0 Å². The van der Waals surface area contributed by atoms with E-state index in [0.717, 1.165) is 36.4 Å². The van der Waals surface area contributed by atoms with Gasteiger partial charge in [-0.25, -0.2) is 0 Å². The predicted molar refractivity (Wildman–Crippen MR) is 90.2 cm³/mol. The number of aliphatic hydroxyl groups is 1. The van der Waals surface area contributed by atoms with Gasteiger partial charge in [0.2, 0.25) is 0 Å². The first-order valence-corrected chi connectivity index (χ1v) is 8.30. The number of methoxy groups -OCH3 is 2. The monoisotopic (exact) mass is 323 g/mol. The van der Waals surface area contributed by atoms with Crippen LogP contribution in [0.3, 0.4) is 0 Å². The number of hydrogen-bond donors (Lipinski definition) is 1. The average Bonchev–Trinajstić information content (AvgIpc) is 3.00. The summed E-state index contributed by atoms with van der Waals surface area (Å²) in [6.45, 7) is 5.94. The van der Waals surface area contributed by atoms with Crippen LogP contribution < -0.4 is 9.47 Å². The third-order valence-corrected chi connectivity index (χ3v) is 4.23. The number of β-amino-alcohol motifs (C(OH)–C–C–N with tert-alkyl or cyclic N) is 1. The molecule has 0 aliphatic carbocycles. The Morgan fingerprint density at radius 1 is 1.26 bits per heavy atom. The molecule has 1 aliphatic rings. The van der Waals surface area contributed by atoms with Crippen LogP contribution in [0.4, 0.5) is 0 Å². The summed E-state index contributed by atoms with van der Waals surface area (Å²) in [5.41, 5.74) is 1.16. The van der Waals surface area contributed by atoms with Crippen LogP contribution in [0.2, 0.25) is 0 Å². The molecule has 0 aromatic heterocycles. The molecule has 1 aromatic carbocycles. The lowest BCUT2D eigenvalue weighted by atomic mass is 10.0. The Bertz CT molecular complexity index is 492. The summed E-state index contributed by atoms with van der Waals surface area (Å²) in [6.07, 6.45) is 1.86. The number of aliphatic hydroxyl groups excluding tert-OH is 1. The van der Waals surface area contributed by atoms with Crippen LogP contribution in [0, 0.1) is 0 Å². The fourth-order valence-corrected chi connectivity index (χ4v) is 3.12. The largest absolute Gasteiger partial charge is 0.497 e. The second-order valence-corrected chi connectivity index (χ2v) is 6.30. The molecule has 0 bridgehead atoms. The SMILES string of the molecule is COc1ccc(C2CCCN2CC(O)COC(C)C)c(OC)c1. The molecule has 0 spiro atoms. The Morgan fingerprint density at radius 3 is 2.70 bits per heavy atom. The van der Waals surface area contributed by atoms with E-state index in [2.05, 4.69) is 11.0 Å². The lowest BCUT2D eigenvalue weighted by Crippen LogP contribution is -2.35. The van der Waals surface area contributed by atoms with Crippen LogP contribution in [0.15, 0.2) is 18.2 Å². The van der Waals surface area contributed by atoms with Gasteiger partial charge in [0.1, 0.15) is 11.5 Å². The molecule has 1 fully saturated rings. The van der Waals surface area contributed by atoms with Gasteiger partial charge in [-0.05, 0) is 39.3 Å². The summed E-state index contributed by atoms with van der Waals surface area (Å²) < 4.78 is 16.3. The smallest absolute Gasteiger partial charge is 0.127 e. The lowest BCUT2D eigenvalue weighted by molar-refractivity contribution is -0.0102. The molecule has 1 saturated heterocycles. The topological polar surface area (TPSA) is 51.2 Å². The predicted octanol–water partition coefficient (Wildman–Crippen LogP) is 2.63.